The van der Waals surface area contributed by atoms with E-state index in [1.807, 2.05) is 11.8 Å². The standard InChI is InChI=1S/C15H26F3N3S.HI/c1-19-14(21-10-13-3-2-8-22-13)20-9-11-4-6-12(7-5-11)15(16,17)18;/h11-13H,2-10H2,1H3,(H2,19,20,21);1H. The maximum absolute atomic E-state index is 12.6. The van der Waals surface area contributed by atoms with Crippen LogP contribution in [0.25, 0.3) is 0 Å². The Hall–Kier alpha value is 0.140. The summed E-state index contributed by atoms with van der Waals surface area (Å²) in [4.78, 5) is 4.19. The van der Waals surface area contributed by atoms with E-state index in [2.05, 4.69) is 15.6 Å². The number of guanidine groups is 1. The molecule has 2 aliphatic rings. The molecule has 1 aliphatic carbocycles. The molecule has 1 saturated carbocycles. The highest BCUT2D eigenvalue weighted by Crippen LogP contribution is 2.39. The van der Waals surface area contributed by atoms with Gasteiger partial charge in [0.05, 0.1) is 5.92 Å². The van der Waals surface area contributed by atoms with E-state index in [1.54, 1.807) is 7.05 Å². The summed E-state index contributed by atoms with van der Waals surface area (Å²) in [5, 5.41) is 7.24. The Morgan fingerprint density at radius 2 is 1.74 bits per heavy atom. The fourth-order valence-electron chi connectivity index (χ4n) is 3.17. The summed E-state index contributed by atoms with van der Waals surface area (Å²) in [6.45, 7) is 1.62. The molecule has 0 aromatic carbocycles. The van der Waals surface area contributed by atoms with Crippen molar-refractivity contribution in [2.75, 3.05) is 25.9 Å². The van der Waals surface area contributed by atoms with Crippen LogP contribution in [0.1, 0.15) is 38.5 Å². The monoisotopic (exact) mass is 465 g/mol. The predicted molar refractivity (Wildman–Crippen MR) is 102 cm³/mol. The molecule has 1 heterocycles. The summed E-state index contributed by atoms with van der Waals surface area (Å²) in [7, 11) is 1.73. The Morgan fingerprint density at radius 1 is 1.09 bits per heavy atom. The van der Waals surface area contributed by atoms with E-state index in [-0.39, 0.29) is 36.8 Å². The quantitative estimate of drug-likeness (QED) is 0.374. The van der Waals surface area contributed by atoms with Crippen molar-refractivity contribution in [3.63, 3.8) is 0 Å². The Labute approximate surface area is 158 Å². The number of rotatable bonds is 4. The van der Waals surface area contributed by atoms with E-state index in [4.69, 9.17) is 0 Å². The van der Waals surface area contributed by atoms with Gasteiger partial charge in [0.2, 0.25) is 0 Å². The van der Waals surface area contributed by atoms with Gasteiger partial charge in [0, 0.05) is 25.4 Å². The SMILES string of the molecule is CN=C(NCC1CCC(C(F)(F)F)CC1)NCC1CCCS1.I. The molecule has 8 heteroatoms. The minimum Gasteiger partial charge on any atom is -0.356 e. The molecule has 0 spiro atoms. The molecule has 0 aromatic rings. The van der Waals surface area contributed by atoms with Crippen molar-refractivity contribution >= 4 is 41.7 Å². The first-order valence-corrected chi connectivity index (χ1v) is 9.16. The third kappa shape index (κ3) is 7.27. The van der Waals surface area contributed by atoms with Crippen LogP contribution in [0, 0.1) is 11.8 Å². The first-order chi connectivity index (χ1) is 10.5. The molecule has 2 rings (SSSR count). The molecule has 1 atom stereocenters. The molecule has 0 aromatic heterocycles. The van der Waals surface area contributed by atoms with E-state index in [0.29, 0.717) is 30.6 Å². The van der Waals surface area contributed by atoms with Crippen molar-refractivity contribution in [2.45, 2.75) is 50.0 Å². The number of hydrogen-bond acceptors (Lipinski definition) is 2. The van der Waals surface area contributed by atoms with Crippen LogP contribution in [0.3, 0.4) is 0 Å². The fourth-order valence-corrected chi connectivity index (χ4v) is 4.37. The van der Waals surface area contributed by atoms with Crippen LogP contribution >= 0.6 is 35.7 Å². The number of nitrogens with one attached hydrogen (secondary N) is 2. The van der Waals surface area contributed by atoms with Crippen LogP contribution in [-0.2, 0) is 0 Å². The van der Waals surface area contributed by atoms with Gasteiger partial charge in [0.15, 0.2) is 5.96 Å². The molecule has 1 unspecified atom stereocenters. The van der Waals surface area contributed by atoms with Crippen molar-refractivity contribution in [2.24, 2.45) is 16.8 Å². The molecule has 2 fully saturated rings. The van der Waals surface area contributed by atoms with Crippen molar-refractivity contribution in [1.29, 1.82) is 0 Å². The smallest absolute Gasteiger partial charge is 0.356 e. The van der Waals surface area contributed by atoms with Gasteiger partial charge >= 0.3 is 6.18 Å². The molecule has 1 saturated heterocycles. The number of aliphatic imine (C=N–C) groups is 1. The number of nitrogens with zero attached hydrogens (tertiary/aromatic N) is 1. The summed E-state index contributed by atoms with van der Waals surface area (Å²) in [6.07, 6.45) is 0.330. The van der Waals surface area contributed by atoms with Gasteiger partial charge in [0.25, 0.3) is 0 Å². The van der Waals surface area contributed by atoms with Gasteiger partial charge in [-0.05, 0) is 50.2 Å². The first kappa shape index (κ1) is 21.2. The van der Waals surface area contributed by atoms with Crippen LogP contribution in [-0.4, -0.2) is 43.3 Å². The van der Waals surface area contributed by atoms with Crippen LogP contribution < -0.4 is 10.6 Å². The minimum absolute atomic E-state index is 0. The number of thioether (sulfide) groups is 1. The van der Waals surface area contributed by atoms with E-state index in [0.717, 1.165) is 12.5 Å². The summed E-state index contributed by atoms with van der Waals surface area (Å²) < 4.78 is 37.9. The molecular formula is C15H27F3IN3S. The molecule has 0 radical (unpaired) electrons. The van der Waals surface area contributed by atoms with Crippen LogP contribution in [0.4, 0.5) is 13.2 Å². The highest BCUT2D eigenvalue weighted by Gasteiger charge is 2.41. The first-order valence-electron chi connectivity index (χ1n) is 8.12. The molecule has 0 bridgehead atoms. The third-order valence-electron chi connectivity index (χ3n) is 4.61. The van der Waals surface area contributed by atoms with Crippen molar-refractivity contribution in [1.82, 2.24) is 10.6 Å². The maximum Gasteiger partial charge on any atom is 0.391 e. The molecule has 0 amide bonds. The van der Waals surface area contributed by atoms with Gasteiger partial charge < -0.3 is 10.6 Å². The fraction of sp³-hybridized carbons (Fsp3) is 0.933. The topological polar surface area (TPSA) is 36.4 Å². The number of halogens is 4. The maximum atomic E-state index is 12.6. The van der Waals surface area contributed by atoms with Gasteiger partial charge in [-0.25, -0.2) is 0 Å². The Morgan fingerprint density at radius 3 is 2.26 bits per heavy atom. The summed E-state index contributed by atoms with van der Waals surface area (Å²) in [5.41, 5.74) is 0. The zero-order valence-corrected chi connectivity index (χ0v) is 16.6. The Bertz CT molecular complexity index is 365. The Balaban J connectivity index is 0.00000264. The van der Waals surface area contributed by atoms with Gasteiger partial charge in [-0.2, -0.15) is 24.9 Å². The normalized spacial score (nSPS) is 29.0. The van der Waals surface area contributed by atoms with Crippen LogP contribution in [0.15, 0.2) is 4.99 Å². The third-order valence-corrected chi connectivity index (χ3v) is 6.01. The van der Waals surface area contributed by atoms with Crippen molar-refractivity contribution in [3.05, 3.63) is 0 Å². The summed E-state index contributed by atoms with van der Waals surface area (Å²) >= 11 is 1.99. The second-order valence-electron chi connectivity index (χ2n) is 6.23. The second-order valence-corrected chi connectivity index (χ2v) is 7.64. The average Bonchev–Trinajstić information content (AvgIpc) is 3.00. The summed E-state index contributed by atoms with van der Waals surface area (Å²) in [6, 6.07) is 0. The average molecular weight is 465 g/mol. The lowest BCUT2D eigenvalue weighted by molar-refractivity contribution is -0.183. The molecule has 3 nitrogen and oxygen atoms in total. The number of hydrogen-bond donors (Lipinski definition) is 2. The number of alkyl halides is 3. The lowest BCUT2D eigenvalue weighted by atomic mass is 9.81. The van der Waals surface area contributed by atoms with E-state index < -0.39 is 12.1 Å². The molecule has 23 heavy (non-hydrogen) atoms. The molecular weight excluding hydrogens is 438 g/mol. The molecule has 1 aliphatic heterocycles. The molecule has 136 valence electrons. The van der Waals surface area contributed by atoms with Crippen LogP contribution in [0.5, 0.6) is 0 Å². The zero-order chi connectivity index (χ0) is 16.0. The second kappa shape index (κ2) is 10.2. The van der Waals surface area contributed by atoms with E-state index >= 15 is 0 Å². The molecule has 2 N–H and O–H groups in total. The van der Waals surface area contributed by atoms with Gasteiger partial charge in [-0.3, -0.25) is 4.99 Å². The largest absolute Gasteiger partial charge is 0.391 e. The predicted octanol–water partition coefficient (Wildman–Crippen LogP) is 4.03. The minimum atomic E-state index is -4.02. The lowest BCUT2D eigenvalue weighted by Gasteiger charge is -2.30. The van der Waals surface area contributed by atoms with Gasteiger partial charge in [-0.15, -0.1) is 24.0 Å². The highest BCUT2D eigenvalue weighted by molar-refractivity contribution is 14.0. The van der Waals surface area contributed by atoms with Gasteiger partial charge in [-0.1, -0.05) is 0 Å². The van der Waals surface area contributed by atoms with Gasteiger partial charge in [0.1, 0.15) is 0 Å². The van der Waals surface area contributed by atoms with Crippen molar-refractivity contribution in [3.8, 4) is 0 Å². The Kier molecular flexibility index (Phi) is 9.40. The van der Waals surface area contributed by atoms with E-state index in [1.165, 1.54) is 18.6 Å². The van der Waals surface area contributed by atoms with E-state index in [9.17, 15) is 13.2 Å². The zero-order valence-electron chi connectivity index (χ0n) is 13.5. The highest BCUT2D eigenvalue weighted by atomic mass is 127. The van der Waals surface area contributed by atoms with Crippen LogP contribution in [0.2, 0.25) is 0 Å². The lowest BCUT2D eigenvalue weighted by Crippen LogP contribution is -2.42. The van der Waals surface area contributed by atoms with Crippen molar-refractivity contribution < 1.29 is 13.2 Å². The summed E-state index contributed by atoms with van der Waals surface area (Å²) in [5.74, 6) is 1.23.